The average Bonchev–Trinajstić information content (AvgIpc) is 2.67. The van der Waals surface area contributed by atoms with Gasteiger partial charge in [0.1, 0.15) is 0 Å². The normalized spacial score (nSPS) is 14.1. The molecule has 0 aliphatic heterocycles. The van der Waals surface area contributed by atoms with Gasteiger partial charge in [-0.1, -0.05) is 139 Å². The number of hydrogen-bond donors (Lipinski definition) is 0. The van der Waals surface area contributed by atoms with Crippen molar-refractivity contribution in [2.45, 2.75) is 143 Å². The number of fused-ring (bicyclic) bond motifs is 1. The highest BCUT2D eigenvalue weighted by Crippen LogP contribution is 2.47. The lowest BCUT2D eigenvalue weighted by Gasteiger charge is -2.49. The van der Waals surface area contributed by atoms with Gasteiger partial charge < -0.3 is 0 Å². The molecular formula is C32H56Si2. The van der Waals surface area contributed by atoms with Crippen molar-refractivity contribution in [2.24, 2.45) is 0 Å². The van der Waals surface area contributed by atoms with Crippen LogP contribution in [0.5, 0.6) is 0 Å². The van der Waals surface area contributed by atoms with Crippen LogP contribution in [-0.2, 0) is 5.41 Å². The van der Waals surface area contributed by atoms with E-state index in [9.17, 15) is 0 Å². The topological polar surface area (TPSA) is 0 Å². The standard InChI is InChI=1S/C32H56Si2/c1-21(2)33(22(3)4,23(5)6)30-20-29(32(13,14)15)31(28-19-17-16-18-27(28)30)34(24(7)8,25(9)10)26(11)12/h16-26H,1-15H3. The zero-order valence-corrected chi connectivity index (χ0v) is 27.4. The molecule has 0 spiro atoms. The molecule has 0 fully saturated rings. The molecule has 2 aromatic rings. The summed E-state index contributed by atoms with van der Waals surface area (Å²) >= 11 is 0. The van der Waals surface area contributed by atoms with Crippen LogP contribution in [0.25, 0.3) is 10.8 Å². The van der Waals surface area contributed by atoms with Crippen molar-refractivity contribution in [1.29, 1.82) is 0 Å². The lowest BCUT2D eigenvalue weighted by Crippen LogP contribution is -2.61. The molecule has 0 heterocycles. The maximum absolute atomic E-state index is 2.78. The minimum atomic E-state index is -1.87. The quantitative estimate of drug-likeness (QED) is 0.319. The minimum Gasteiger partial charge on any atom is -0.0648 e. The maximum Gasteiger partial charge on any atom is 0.0954 e. The third-order valence-electron chi connectivity index (χ3n) is 9.48. The Morgan fingerprint density at radius 3 is 1.21 bits per heavy atom. The predicted octanol–water partition coefficient (Wildman–Crippen LogP) is 9.91. The van der Waals surface area contributed by atoms with Crippen molar-refractivity contribution in [3.05, 3.63) is 35.9 Å². The summed E-state index contributed by atoms with van der Waals surface area (Å²) in [5.74, 6) is 0. The Hall–Kier alpha value is -0.866. The van der Waals surface area contributed by atoms with Crippen molar-refractivity contribution in [3.8, 4) is 0 Å². The molecule has 192 valence electrons. The van der Waals surface area contributed by atoms with E-state index in [4.69, 9.17) is 0 Å². The lowest BCUT2D eigenvalue weighted by molar-refractivity contribution is 0.593. The molecule has 0 N–H and O–H groups in total. The third-order valence-corrected chi connectivity index (χ3v) is 23.7. The van der Waals surface area contributed by atoms with Crippen LogP contribution in [0.1, 0.15) is 109 Å². The van der Waals surface area contributed by atoms with Gasteiger partial charge in [-0.15, -0.1) is 0 Å². The SMILES string of the molecule is CC(C)[Si](c1cc(C(C)(C)C)c([Si](C(C)C)(C(C)C)C(C)C)c2ccccc12)(C(C)C)C(C)C. The fraction of sp³-hybridized carbons (Fsp3) is 0.688. The molecule has 2 rings (SSSR count). The second kappa shape index (κ2) is 10.2. The summed E-state index contributed by atoms with van der Waals surface area (Å²) in [6.07, 6.45) is 0. The van der Waals surface area contributed by atoms with E-state index < -0.39 is 16.1 Å². The van der Waals surface area contributed by atoms with Gasteiger partial charge in [0, 0.05) is 0 Å². The van der Waals surface area contributed by atoms with E-state index in [2.05, 4.69) is 134 Å². The first-order chi connectivity index (χ1) is 15.5. The molecule has 0 bridgehead atoms. The van der Waals surface area contributed by atoms with Crippen LogP contribution in [0, 0.1) is 0 Å². The molecule has 0 radical (unpaired) electrons. The van der Waals surface area contributed by atoms with E-state index in [-0.39, 0.29) is 5.41 Å². The molecule has 0 aliphatic carbocycles. The number of rotatable bonds is 8. The summed E-state index contributed by atoms with van der Waals surface area (Å²) < 4.78 is 0. The van der Waals surface area contributed by atoms with Gasteiger partial charge in [-0.2, -0.15) is 0 Å². The largest absolute Gasteiger partial charge is 0.0954 e. The molecule has 0 saturated carbocycles. The summed E-state index contributed by atoms with van der Waals surface area (Å²) in [6.45, 7) is 37.6. The van der Waals surface area contributed by atoms with Crippen LogP contribution in [0.3, 0.4) is 0 Å². The Morgan fingerprint density at radius 2 is 0.882 bits per heavy atom. The van der Waals surface area contributed by atoms with Crippen LogP contribution in [0.2, 0.25) is 33.2 Å². The molecule has 0 unspecified atom stereocenters. The smallest absolute Gasteiger partial charge is 0.0648 e. The molecule has 0 saturated heterocycles. The Bertz CT molecular complexity index is 927. The number of hydrogen-bond acceptors (Lipinski definition) is 0. The molecule has 2 aromatic carbocycles. The van der Waals surface area contributed by atoms with Crippen molar-refractivity contribution < 1.29 is 0 Å². The van der Waals surface area contributed by atoms with Gasteiger partial charge in [0.15, 0.2) is 0 Å². The highest BCUT2D eigenvalue weighted by atomic mass is 28.3. The van der Waals surface area contributed by atoms with Crippen molar-refractivity contribution in [2.75, 3.05) is 0 Å². The van der Waals surface area contributed by atoms with E-state index in [1.165, 1.54) is 0 Å². The summed E-state index contributed by atoms with van der Waals surface area (Å²) in [6, 6.07) is 12.4. The Balaban J connectivity index is 3.33. The molecule has 0 aromatic heterocycles. The molecule has 2 heteroatoms. The van der Waals surface area contributed by atoms with Crippen molar-refractivity contribution >= 4 is 37.3 Å². The summed E-state index contributed by atoms with van der Waals surface area (Å²) in [7, 11) is -3.70. The van der Waals surface area contributed by atoms with Gasteiger partial charge in [0.05, 0.1) is 16.1 Å². The highest BCUT2D eigenvalue weighted by molar-refractivity contribution is 6.99. The zero-order chi connectivity index (χ0) is 26.4. The lowest BCUT2D eigenvalue weighted by atomic mass is 9.85. The van der Waals surface area contributed by atoms with Crippen LogP contribution >= 0.6 is 0 Å². The highest BCUT2D eigenvalue weighted by Gasteiger charge is 2.50. The van der Waals surface area contributed by atoms with E-state index >= 15 is 0 Å². The van der Waals surface area contributed by atoms with E-state index in [0.29, 0.717) is 33.2 Å². The Morgan fingerprint density at radius 1 is 0.529 bits per heavy atom. The molecule has 34 heavy (non-hydrogen) atoms. The van der Waals surface area contributed by atoms with Gasteiger partial charge in [-0.3, -0.25) is 0 Å². The first-order valence-electron chi connectivity index (χ1n) is 14.1. The van der Waals surface area contributed by atoms with Crippen LogP contribution in [0.15, 0.2) is 30.3 Å². The summed E-state index contributed by atoms with van der Waals surface area (Å²) in [5, 5.41) is 6.67. The second-order valence-electron chi connectivity index (χ2n) is 13.9. The molecule has 0 amide bonds. The van der Waals surface area contributed by atoms with E-state index in [1.54, 1.807) is 26.7 Å². The van der Waals surface area contributed by atoms with Crippen molar-refractivity contribution in [1.82, 2.24) is 0 Å². The first kappa shape index (κ1) is 29.4. The Labute approximate surface area is 215 Å². The third kappa shape index (κ3) is 4.40. The fourth-order valence-electron chi connectivity index (χ4n) is 8.59. The van der Waals surface area contributed by atoms with Gasteiger partial charge >= 0.3 is 0 Å². The van der Waals surface area contributed by atoms with Gasteiger partial charge in [-0.25, -0.2) is 0 Å². The predicted molar refractivity (Wildman–Crippen MR) is 164 cm³/mol. The van der Waals surface area contributed by atoms with E-state index in [1.807, 2.05) is 0 Å². The van der Waals surface area contributed by atoms with Crippen LogP contribution in [-0.4, -0.2) is 16.1 Å². The van der Waals surface area contributed by atoms with Crippen LogP contribution in [0.4, 0.5) is 0 Å². The maximum atomic E-state index is 2.78. The molecule has 0 nitrogen and oxygen atoms in total. The number of benzene rings is 2. The average molecular weight is 497 g/mol. The monoisotopic (exact) mass is 496 g/mol. The molecular weight excluding hydrogens is 441 g/mol. The summed E-state index contributed by atoms with van der Waals surface area (Å²) in [5.41, 5.74) is 5.99. The van der Waals surface area contributed by atoms with Gasteiger partial charge in [0.2, 0.25) is 0 Å². The van der Waals surface area contributed by atoms with Crippen molar-refractivity contribution in [3.63, 3.8) is 0 Å². The van der Waals surface area contributed by atoms with Gasteiger partial charge in [-0.05, 0) is 60.2 Å². The summed E-state index contributed by atoms with van der Waals surface area (Å²) in [4.78, 5) is 0. The zero-order valence-electron chi connectivity index (χ0n) is 25.4. The first-order valence-corrected chi connectivity index (χ1v) is 18.5. The fourth-order valence-corrected chi connectivity index (χ4v) is 22.9. The molecule has 0 atom stereocenters. The Kier molecular flexibility index (Phi) is 8.85. The van der Waals surface area contributed by atoms with Gasteiger partial charge in [0.25, 0.3) is 0 Å². The second-order valence-corrected chi connectivity index (χ2v) is 25.6. The van der Waals surface area contributed by atoms with Crippen LogP contribution < -0.4 is 10.4 Å². The molecule has 0 aliphatic rings. The van der Waals surface area contributed by atoms with E-state index in [0.717, 1.165) is 0 Å². The minimum absolute atomic E-state index is 0.121.